The van der Waals surface area contributed by atoms with Crippen molar-refractivity contribution in [3.8, 4) is 17.0 Å². The Bertz CT molecular complexity index is 508. The van der Waals surface area contributed by atoms with Crippen LogP contribution in [0.4, 0.5) is 0 Å². The van der Waals surface area contributed by atoms with Crippen LogP contribution in [0.15, 0.2) is 36.4 Å². The second kappa shape index (κ2) is 5.30. The zero-order valence-corrected chi connectivity index (χ0v) is 11.6. The van der Waals surface area contributed by atoms with Gasteiger partial charge < -0.3 is 9.30 Å². The molecule has 0 spiro atoms. The van der Waals surface area contributed by atoms with Crippen molar-refractivity contribution in [2.24, 2.45) is 0 Å². The van der Waals surface area contributed by atoms with Crippen molar-refractivity contribution in [1.82, 2.24) is 4.57 Å². The fourth-order valence-corrected chi connectivity index (χ4v) is 2.36. The molecule has 0 unspecified atom stereocenters. The van der Waals surface area contributed by atoms with Crippen LogP contribution in [0.2, 0.25) is 0 Å². The number of ether oxygens (including phenoxy) is 1. The van der Waals surface area contributed by atoms with Crippen molar-refractivity contribution in [2.75, 3.05) is 6.61 Å². The smallest absolute Gasteiger partial charge is 0.119 e. The Morgan fingerprint density at radius 3 is 2.28 bits per heavy atom. The lowest BCUT2D eigenvalue weighted by Gasteiger charge is -2.16. The molecule has 0 saturated carbocycles. The Hall–Kier alpha value is -1.70. The van der Waals surface area contributed by atoms with E-state index >= 15 is 0 Å². The van der Waals surface area contributed by atoms with Crippen LogP contribution in [0.25, 0.3) is 11.3 Å². The van der Waals surface area contributed by atoms with E-state index in [1.807, 2.05) is 19.1 Å². The lowest BCUT2D eigenvalue weighted by atomic mass is 10.1. The standard InChI is InChI=1S/C16H21NO/c1-5-18-15-9-7-14(8-10-15)16-11-6-13(4)17(16)12(2)3/h6-12H,5H2,1-4H3. The van der Waals surface area contributed by atoms with E-state index in [9.17, 15) is 0 Å². The van der Waals surface area contributed by atoms with Crippen LogP contribution in [0.1, 0.15) is 32.5 Å². The normalized spacial score (nSPS) is 10.9. The monoisotopic (exact) mass is 243 g/mol. The van der Waals surface area contributed by atoms with Gasteiger partial charge in [-0.05, 0) is 69.7 Å². The molecular weight excluding hydrogens is 222 g/mol. The zero-order valence-electron chi connectivity index (χ0n) is 11.6. The van der Waals surface area contributed by atoms with E-state index in [1.165, 1.54) is 17.0 Å². The SMILES string of the molecule is CCOc1ccc(-c2ccc(C)n2C(C)C)cc1. The average Bonchev–Trinajstić information content (AvgIpc) is 2.73. The van der Waals surface area contributed by atoms with Gasteiger partial charge in [-0.15, -0.1) is 0 Å². The quantitative estimate of drug-likeness (QED) is 0.774. The highest BCUT2D eigenvalue weighted by Gasteiger charge is 2.09. The van der Waals surface area contributed by atoms with E-state index in [1.54, 1.807) is 0 Å². The molecule has 0 radical (unpaired) electrons. The lowest BCUT2D eigenvalue weighted by Crippen LogP contribution is -2.04. The molecule has 1 aromatic heterocycles. The molecule has 0 fully saturated rings. The number of hydrogen-bond donors (Lipinski definition) is 0. The summed E-state index contributed by atoms with van der Waals surface area (Å²) in [7, 11) is 0. The molecule has 0 aliphatic heterocycles. The summed E-state index contributed by atoms with van der Waals surface area (Å²) in [5, 5.41) is 0. The third-order valence-corrected chi connectivity index (χ3v) is 3.10. The summed E-state index contributed by atoms with van der Waals surface area (Å²) in [5.41, 5.74) is 3.81. The zero-order chi connectivity index (χ0) is 13.1. The summed E-state index contributed by atoms with van der Waals surface area (Å²) >= 11 is 0. The van der Waals surface area contributed by atoms with E-state index in [-0.39, 0.29) is 0 Å². The molecule has 0 bridgehead atoms. The largest absolute Gasteiger partial charge is 0.494 e. The van der Waals surface area contributed by atoms with Crippen LogP contribution >= 0.6 is 0 Å². The third kappa shape index (κ3) is 2.42. The number of rotatable bonds is 4. The van der Waals surface area contributed by atoms with Crippen LogP contribution < -0.4 is 4.74 Å². The fraction of sp³-hybridized carbons (Fsp3) is 0.375. The van der Waals surface area contributed by atoms with Gasteiger partial charge in [0.25, 0.3) is 0 Å². The topological polar surface area (TPSA) is 14.2 Å². The predicted molar refractivity (Wildman–Crippen MR) is 76.2 cm³/mol. The molecule has 2 nitrogen and oxygen atoms in total. The van der Waals surface area contributed by atoms with Gasteiger partial charge in [0.1, 0.15) is 5.75 Å². The highest BCUT2D eigenvalue weighted by atomic mass is 16.5. The molecule has 1 aromatic carbocycles. The van der Waals surface area contributed by atoms with Gasteiger partial charge in [-0.3, -0.25) is 0 Å². The average molecular weight is 243 g/mol. The third-order valence-electron chi connectivity index (χ3n) is 3.10. The van der Waals surface area contributed by atoms with E-state index in [0.29, 0.717) is 12.6 Å². The maximum Gasteiger partial charge on any atom is 0.119 e. The van der Waals surface area contributed by atoms with E-state index < -0.39 is 0 Å². The summed E-state index contributed by atoms with van der Waals surface area (Å²) in [5.74, 6) is 0.931. The van der Waals surface area contributed by atoms with Crippen LogP contribution in [0, 0.1) is 6.92 Å². The first kappa shape index (κ1) is 12.7. The second-order valence-electron chi connectivity index (χ2n) is 4.78. The number of benzene rings is 1. The molecule has 0 N–H and O–H groups in total. The van der Waals surface area contributed by atoms with Crippen LogP contribution in [0.3, 0.4) is 0 Å². The second-order valence-corrected chi connectivity index (χ2v) is 4.78. The van der Waals surface area contributed by atoms with Gasteiger partial charge in [-0.2, -0.15) is 0 Å². The molecule has 96 valence electrons. The Morgan fingerprint density at radius 1 is 1.06 bits per heavy atom. The molecule has 0 atom stereocenters. The molecule has 2 rings (SSSR count). The van der Waals surface area contributed by atoms with Crippen molar-refractivity contribution in [3.63, 3.8) is 0 Å². The fourth-order valence-electron chi connectivity index (χ4n) is 2.36. The molecule has 0 amide bonds. The van der Waals surface area contributed by atoms with Gasteiger partial charge in [-0.1, -0.05) is 0 Å². The van der Waals surface area contributed by atoms with Gasteiger partial charge in [-0.25, -0.2) is 0 Å². The molecule has 1 heterocycles. The van der Waals surface area contributed by atoms with Crippen LogP contribution in [-0.2, 0) is 0 Å². The number of aromatic nitrogens is 1. The van der Waals surface area contributed by atoms with Gasteiger partial charge in [0.15, 0.2) is 0 Å². The first-order valence-electron chi connectivity index (χ1n) is 6.54. The number of nitrogens with zero attached hydrogens (tertiary/aromatic N) is 1. The minimum Gasteiger partial charge on any atom is -0.494 e. The molecule has 2 heteroatoms. The van der Waals surface area contributed by atoms with Crippen molar-refractivity contribution in [1.29, 1.82) is 0 Å². The van der Waals surface area contributed by atoms with Gasteiger partial charge >= 0.3 is 0 Å². The summed E-state index contributed by atoms with van der Waals surface area (Å²) in [6.45, 7) is 9.29. The predicted octanol–water partition coefficient (Wildman–Crippen LogP) is 4.44. The minimum absolute atomic E-state index is 0.474. The number of aryl methyl sites for hydroxylation is 1. The Morgan fingerprint density at radius 2 is 1.72 bits per heavy atom. The Balaban J connectivity index is 2.37. The Kier molecular flexibility index (Phi) is 3.75. The Labute approximate surface area is 109 Å². The van der Waals surface area contributed by atoms with Gasteiger partial charge in [0.2, 0.25) is 0 Å². The van der Waals surface area contributed by atoms with Crippen molar-refractivity contribution in [3.05, 3.63) is 42.1 Å². The first-order valence-corrected chi connectivity index (χ1v) is 6.54. The van der Waals surface area contributed by atoms with Crippen molar-refractivity contribution < 1.29 is 4.74 Å². The van der Waals surface area contributed by atoms with E-state index in [2.05, 4.69) is 49.6 Å². The summed E-state index contributed by atoms with van der Waals surface area (Å²) in [6, 6.07) is 13.1. The molecule has 18 heavy (non-hydrogen) atoms. The first-order chi connectivity index (χ1) is 8.63. The van der Waals surface area contributed by atoms with Gasteiger partial charge in [0, 0.05) is 17.4 Å². The van der Waals surface area contributed by atoms with Crippen LogP contribution in [-0.4, -0.2) is 11.2 Å². The maximum atomic E-state index is 5.47. The van der Waals surface area contributed by atoms with Gasteiger partial charge in [0.05, 0.1) is 6.61 Å². The maximum absolute atomic E-state index is 5.47. The summed E-state index contributed by atoms with van der Waals surface area (Å²) < 4.78 is 7.83. The van der Waals surface area contributed by atoms with Crippen molar-refractivity contribution >= 4 is 0 Å². The van der Waals surface area contributed by atoms with E-state index in [4.69, 9.17) is 4.74 Å². The minimum atomic E-state index is 0.474. The summed E-state index contributed by atoms with van der Waals surface area (Å²) in [6.07, 6.45) is 0. The van der Waals surface area contributed by atoms with Crippen molar-refractivity contribution in [2.45, 2.75) is 33.7 Å². The highest BCUT2D eigenvalue weighted by Crippen LogP contribution is 2.27. The van der Waals surface area contributed by atoms with E-state index in [0.717, 1.165) is 5.75 Å². The molecule has 0 saturated heterocycles. The number of hydrogen-bond acceptors (Lipinski definition) is 1. The molecule has 0 aliphatic rings. The highest BCUT2D eigenvalue weighted by molar-refractivity contribution is 5.62. The molecule has 0 aliphatic carbocycles. The lowest BCUT2D eigenvalue weighted by molar-refractivity contribution is 0.340. The summed E-state index contributed by atoms with van der Waals surface area (Å²) in [4.78, 5) is 0. The molecule has 2 aromatic rings. The molecular formula is C16H21NO. The van der Waals surface area contributed by atoms with Crippen LogP contribution in [0.5, 0.6) is 5.75 Å².